The quantitative estimate of drug-likeness (QED) is 0.419. The third-order valence-electron chi connectivity index (χ3n) is 5.37. The van der Waals surface area contributed by atoms with E-state index in [0.717, 1.165) is 5.56 Å². The summed E-state index contributed by atoms with van der Waals surface area (Å²) in [6.45, 7) is 0. The van der Waals surface area contributed by atoms with Gasteiger partial charge in [0.25, 0.3) is 23.6 Å². The minimum atomic E-state index is -0.682. The Bertz CT molecular complexity index is 1400. The zero-order chi connectivity index (χ0) is 23.7. The average molecular weight is 468 g/mol. The smallest absolute Gasteiger partial charge is 0.280 e. The molecule has 0 atom stereocenters. The van der Waals surface area contributed by atoms with Crippen LogP contribution >= 0.6 is 11.3 Å². The first-order valence-electron chi connectivity index (χ1n) is 10.4. The second-order valence-electron chi connectivity index (χ2n) is 7.47. The van der Waals surface area contributed by atoms with Crippen molar-refractivity contribution in [2.75, 3.05) is 5.32 Å². The molecule has 0 fully saturated rings. The van der Waals surface area contributed by atoms with Gasteiger partial charge in [0.05, 0.1) is 16.7 Å². The van der Waals surface area contributed by atoms with Crippen LogP contribution in [0.5, 0.6) is 0 Å². The van der Waals surface area contributed by atoms with E-state index in [2.05, 4.69) is 10.7 Å². The first-order valence-corrected chi connectivity index (χ1v) is 11.2. The molecule has 0 spiro atoms. The highest BCUT2D eigenvalue weighted by molar-refractivity contribution is 7.15. The van der Waals surface area contributed by atoms with Gasteiger partial charge in [-0.2, -0.15) is 5.01 Å². The van der Waals surface area contributed by atoms with Gasteiger partial charge < -0.3 is 5.32 Å². The van der Waals surface area contributed by atoms with Gasteiger partial charge in [0, 0.05) is 16.5 Å². The monoisotopic (exact) mass is 467 g/mol. The van der Waals surface area contributed by atoms with Gasteiger partial charge in [-0.05, 0) is 29.8 Å². The van der Waals surface area contributed by atoms with Crippen molar-refractivity contribution in [3.8, 4) is 11.1 Å². The lowest BCUT2D eigenvalue weighted by Gasteiger charge is -2.16. The number of nitrogens with zero attached hydrogens (tertiary/aromatic N) is 1. The van der Waals surface area contributed by atoms with E-state index in [-0.39, 0.29) is 22.6 Å². The van der Waals surface area contributed by atoms with Gasteiger partial charge in [-0.3, -0.25) is 24.6 Å². The highest BCUT2D eigenvalue weighted by Gasteiger charge is 2.37. The second-order valence-corrected chi connectivity index (χ2v) is 8.35. The summed E-state index contributed by atoms with van der Waals surface area (Å²) in [6, 6.07) is 24.2. The van der Waals surface area contributed by atoms with Crippen molar-refractivity contribution >= 4 is 40.0 Å². The van der Waals surface area contributed by atoms with E-state index >= 15 is 0 Å². The first kappa shape index (κ1) is 21.3. The van der Waals surface area contributed by atoms with E-state index in [1.165, 1.54) is 23.5 Å². The zero-order valence-corrected chi connectivity index (χ0v) is 18.5. The second kappa shape index (κ2) is 8.76. The van der Waals surface area contributed by atoms with E-state index in [9.17, 15) is 19.2 Å². The topological polar surface area (TPSA) is 95.6 Å². The Hall–Kier alpha value is -4.56. The predicted octanol–water partition coefficient (Wildman–Crippen LogP) is 4.61. The number of amides is 4. The van der Waals surface area contributed by atoms with E-state index in [4.69, 9.17) is 0 Å². The summed E-state index contributed by atoms with van der Waals surface area (Å²) >= 11 is 1.19. The summed E-state index contributed by atoms with van der Waals surface area (Å²) in [6.07, 6.45) is 0. The Kier molecular flexibility index (Phi) is 5.49. The average Bonchev–Trinajstić information content (AvgIpc) is 3.40. The molecular weight excluding hydrogens is 450 g/mol. The van der Waals surface area contributed by atoms with Crippen LogP contribution < -0.4 is 10.7 Å². The van der Waals surface area contributed by atoms with Crippen LogP contribution in [0.4, 0.5) is 5.00 Å². The summed E-state index contributed by atoms with van der Waals surface area (Å²) in [7, 11) is 0. The molecule has 8 heteroatoms. The maximum atomic E-state index is 13.4. The van der Waals surface area contributed by atoms with Crippen molar-refractivity contribution in [3.63, 3.8) is 0 Å². The third kappa shape index (κ3) is 3.76. The van der Waals surface area contributed by atoms with Crippen molar-refractivity contribution in [3.05, 3.63) is 113 Å². The molecule has 1 aromatic heterocycles. The molecule has 1 aliphatic rings. The number of rotatable bonds is 5. The summed E-state index contributed by atoms with van der Waals surface area (Å²) in [5.74, 6) is -2.28. The fourth-order valence-electron chi connectivity index (χ4n) is 3.72. The van der Waals surface area contributed by atoms with Gasteiger partial charge in [-0.1, -0.05) is 60.7 Å². The molecule has 0 saturated carbocycles. The van der Waals surface area contributed by atoms with E-state index in [1.54, 1.807) is 47.8 Å². The largest absolute Gasteiger partial charge is 0.313 e. The normalized spacial score (nSPS) is 12.4. The maximum Gasteiger partial charge on any atom is 0.280 e. The lowest BCUT2D eigenvalue weighted by Crippen LogP contribution is -2.46. The van der Waals surface area contributed by atoms with E-state index in [0.29, 0.717) is 21.1 Å². The molecule has 0 unspecified atom stereocenters. The minimum absolute atomic E-state index is 0.164. The molecule has 34 heavy (non-hydrogen) atoms. The number of hydrogen-bond acceptors (Lipinski definition) is 5. The molecule has 3 aromatic carbocycles. The Morgan fingerprint density at radius 3 is 1.85 bits per heavy atom. The summed E-state index contributed by atoms with van der Waals surface area (Å²) in [5, 5.41) is 5.57. The van der Waals surface area contributed by atoms with Crippen molar-refractivity contribution < 1.29 is 19.2 Å². The van der Waals surface area contributed by atoms with Gasteiger partial charge in [0.1, 0.15) is 5.00 Å². The minimum Gasteiger partial charge on any atom is -0.313 e. The van der Waals surface area contributed by atoms with E-state index < -0.39 is 17.7 Å². The standard InChI is InChI=1S/C26H17N3O4S/c30-22(17-11-5-2-6-12-17)27-24-21(20(15-34-24)16-9-3-1-4-10-16)23(31)28-29-25(32)18-13-7-8-14-19(18)26(29)33/h1-15H,(H,27,30)(H,28,31). The number of fused-ring (bicyclic) bond motifs is 1. The molecule has 4 aromatic rings. The Balaban J connectivity index is 1.50. The fraction of sp³-hybridized carbons (Fsp3) is 0. The molecule has 166 valence electrons. The molecule has 7 nitrogen and oxygen atoms in total. The van der Waals surface area contributed by atoms with E-state index in [1.807, 2.05) is 30.3 Å². The summed E-state index contributed by atoms with van der Waals surface area (Å²) < 4.78 is 0. The molecule has 0 saturated heterocycles. The van der Waals surface area contributed by atoms with Crippen LogP contribution in [0, 0.1) is 0 Å². The zero-order valence-electron chi connectivity index (χ0n) is 17.6. The predicted molar refractivity (Wildman–Crippen MR) is 129 cm³/mol. The Morgan fingerprint density at radius 2 is 1.24 bits per heavy atom. The van der Waals surface area contributed by atoms with Crippen molar-refractivity contribution in [2.24, 2.45) is 0 Å². The summed E-state index contributed by atoms with van der Waals surface area (Å²) in [4.78, 5) is 51.7. The SMILES string of the molecule is O=C(Nc1scc(-c2ccccc2)c1C(=O)NN1C(=O)c2ccccc2C1=O)c1ccccc1. The van der Waals surface area contributed by atoms with Gasteiger partial charge in [0.15, 0.2) is 0 Å². The van der Waals surface area contributed by atoms with Crippen LogP contribution in [0.2, 0.25) is 0 Å². The number of imide groups is 1. The first-order chi connectivity index (χ1) is 16.5. The van der Waals surface area contributed by atoms with Crippen molar-refractivity contribution in [1.82, 2.24) is 10.4 Å². The molecule has 0 radical (unpaired) electrons. The number of hydrazine groups is 1. The molecule has 1 aliphatic heterocycles. The fourth-order valence-corrected chi connectivity index (χ4v) is 4.68. The number of hydrogen-bond donors (Lipinski definition) is 2. The van der Waals surface area contributed by atoms with Crippen molar-refractivity contribution in [2.45, 2.75) is 0 Å². The van der Waals surface area contributed by atoms with Crippen LogP contribution in [-0.4, -0.2) is 28.6 Å². The Morgan fingerprint density at radius 1 is 0.676 bits per heavy atom. The lowest BCUT2D eigenvalue weighted by molar-refractivity contribution is 0.0518. The van der Waals surface area contributed by atoms with Crippen molar-refractivity contribution in [1.29, 1.82) is 0 Å². The van der Waals surface area contributed by atoms with Gasteiger partial charge in [0.2, 0.25) is 0 Å². The molecule has 0 aliphatic carbocycles. The van der Waals surface area contributed by atoms with Gasteiger partial charge in [-0.15, -0.1) is 11.3 Å². The van der Waals surface area contributed by atoms with Crippen LogP contribution in [0.1, 0.15) is 41.4 Å². The van der Waals surface area contributed by atoms with Crippen LogP contribution in [-0.2, 0) is 0 Å². The molecule has 0 bridgehead atoms. The maximum absolute atomic E-state index is 13.4. The number of carbonyl (C=O) groups is 4. The number of thiophene rings is 1. The number of benzene rings is 3. The Labute approximate surface area is 198 Å². The number of nitrogens with one attached hydrogen (secondary N) is 2. The van der Waals surface area contributed by atoms with Crippen LogP contribution in [0.15, 0.2) is 90.3 Å². The third-order valence-corrected chi connectivity index (χ3v) is 6.27. The van der Waals surface area contributed by atoms with Crippen LogP contribution in [0.25, 0.3) is 11.1 Å². The number of carbonyl (C=O) groups excluding carboxylic acids is 4. The molecule has 5 rings (SSSR count). The molecular formula is C26H17N3O4S. The van der Waals surface area contributed by atoms with Gasteiger partial charge in [-0.25, -0.2) is 0 Å². The molecule has 2 heterocycles. The molecule has 2 N–H and O–H groups in total. The summed E-state index contributed by atoms with van der Waals surface area (Å²) in [5.41, 5.74) is 4.81. The lowest BCUT2D eigenvalue weighted by atomic mass is 10.0. The van der Waals surface area contributed by atoms with Gasteiger partial charge >= 0.3 is 0 Å². The highest BCUT2D eigenvalue weighted by atomic mass is 32.1. The highest BCUT2D eigenvalue weighted by Crippen LogP contribution is 2.36. The number of anilines is 1. The molecule has 4 amide bonds. The van der Waals surface area contributed by atoms with Crippen LogP contribution in [0.3, 0.4) is 0 Å².